The van der Waals surface area contributed by atoms with Crippen LogP contribution in [0.25, 0.3) is 39.0 Å². The number of halogens is 3. The summed E-state index contributed by atoms with van der Waals surface area (Å²) in [6.07, 6.45) is 5.11. The minimum atomic E-state index is -2.91. The Balaban J connectivity index is 1.57. The first-order chi connectivity index (χ1) is 18.7. The smallest absolute Gasteiger partial charge is 0.143 e. The van der Waals surface area contributed by atoms with Crippen LogP contribution in [0.1, 0.15) is 62.4 Å². The van der Waals surface area contributed by atoms with Crippen molar-refractivity contribution in [2.75, 3.05) is 0 Å². The lowest BCUT2D eigenvalue weighted by Crippen LogP contribution is -2.26. The van der Waals surface area contributed by atoms with Gasteiger partial charge in [0.25, 0.3) is 0 Å². The molecule has 5 heterocycles. The summed E-state index contributed by atoms with van der Waals surface area (Å²) in [4.78, 5) is 11.0. The van der Waals surface area contributed by atoms with Crippen LogP contribution >= 0.6 is 89.9 Å². The minimum absolute atomic E-state index is 0.927. The van der Waals surface area contributed by atoms with Gasteiger partial charge in [-0.15, -0.1) is 89.9 Å². The van der Waals surface area contributed by atoms with Gasteiger partial charge < -0.3 is 0 Å². The molecule has 0 spiro atoms. The molecule has 0 amide bonds. The summed E-state index contributed by atoms with van der Waals surface area (Å²) in [5.74, 6) is 0. The molecule has 9 heteroatoms. The molecule has 0 unspecified atom stereocenters. The SMILES string of the molecule is CCc1csc(-c2sc(-c3sc(-c4sc(-c5sc([Si](Cl)(Cl)Cl)cc5CC)cc4CC)cc3CC)cc2CC)c1. The van der Waals surface area contributed by atoms with Crippen LogP contribution in [0.3, 0.4) is 0 Å². The maximum atomic E-state index is 6.40. The summed E-state index contributed by atoms with van der Waals surface area (Å²) in [5.41, 5.74) is 7.02. The van der Waals surface area contributed by atoms with Crippen molar-refractivity contribution < 1.29 is 0 Å². The molecule has 0 aliphatic heterocycles. The van der Waals surface area contributed by atoms with Crippen molar-refractivity contribution >= 4 is 100 Å². The molecule has 0 atom stereocenters. The average molecular weight is 686 g/mol. The number of hydrogen-bond acceptors (Lipinski definition) is 5. The van der Waals surface area contributed by atoms with E-state index in [0.29, 0.717) is 0 Å². The second-order valence-electron chi connectivity index (χ2n) is 9.44. The molecule has 0 bridgehead atoms. The molecular weight excluding hydrogens is 655 g/mol. The Morgan fingerprint density at radius 1 is 0.513 bits per heavy atom. The van der Waals surface area contributed by atoms with Crippen LogP contribution in [0.4, 0.5) is 0 Å². The van der Waals surface area contributed by atoms with Gasteiger partial charge in [-0.1, -0.05) is 34.6 Å². The normalized spacial score (nSPS) is 12.1. The Kier molecular flexibility index (Phi) is 9.59. The van der Waals surface area contributed by atoms with Gasteiger partial charge in [-0.3, -0.25) is 0 Å². The van der Waals surface area contributed by atoms with E-state index in [1.165, 1.54) is 66.8 Å². The third-order valence-electron chi connectivity index (χ3n) is 7.00. The molecule has 0 radical (unpaired) electrons. The van der Waals surface area contributed by atoms with Crippen molar-refractivity contribution in [3.8, 4) is 39.0 Å². The fourth-order valence-electron chi connectivity index (χ4n) is 4.76. The van der Waals surface area contributed by atoms with Crippen LogP contribution in [-0.4, -0.2) is 6.00 Å². The zero-order valence-electron chi connectivity index (χ0n) is 22.7. The van der Waals surface area contributed by atoms with E-state index in [0.717, 1.165) is 36.6 Å². The number of hydrogen-bond donors (Lipinski definition) is 0. The zero-order valence-corrected chi connectivity index (χ0v) is 30.0. The molecule has 0 fully saturated rings. The highest BCUT2D eigenvalue weighted by molar-refractivity contribution is 7.73. The third kappa shape index (κ3) is 6.07. The summed E-state index contributed by atoms with van der Waals surface area (Å²) in [6.45, 7) is 11.2. The topological polar surface area (TPSA) is 0 Å². The van der Waals surface area contributed by atoms with Crippen molar-refractivity contribution in [1.82, 2.24) is 0 Å². The molecule has 0 nitrogen and oxygen atoms in total. The summed E-state index contributed by atoms with van der Waals surface area (Å²) < 4.78 is 0.927. The van der Waals surface area contributed by atoms with Gasteiger partial charge >= 0.3 is 6.00 Å². The van der Waals surface area contributed by atoms with Gasteiger partial charge in [0, 0.05) is 43.5 Å². The standard InChI is InChI=1S/C30H31Cl3S5Si/c1-6-17-11-22(34-16-17)27-18(7-2)12-23(35-27)28-19(8-3)13-24(36-28)29-20(9-4)14-25(37-29)30-21(10-5)15-26(38-30)39(31,32)33/h11-16H,6-10H2,1-5H3. The van der Waals surface area contributed by atoms with Crippen molar-refractivity contribution in [3.63, 3.8) is 0 Å². The van der Waals surface area contributed by atoms with Gasteiger partial charge in [0.15, 0.2) is 0 Å². The van der Waals surface area contributed by atoms with Gasteiger partial charge in [0.2, 0.25) is 0 Å². The second-order valence-corrected chi connectivity index (χ2v) is 23.3. The van der Waals surface area contributed by atoms with Crippen LogP contribution in [0, 0.1) is 0 Å². The Morgan fingerprint density at radius 3 is 1.31 bits per heavy atom. The van der Waals surface area contributed by atoms with Crippen LogP contribution < -0.4 is 4.50 Å². The molecule has 5 rings (SSSR count). The van der Waals surface area contributed by atoms with Gasteiger partial charge in [-0.05, 0) is 95.6 Å². The molecule has 0 N–H and O–H groups in total. The quantitative estimate of drug-likeness (QED) is 0.101. The van der Waals surface area contributed by atoms with Gasteiger partial charge in [-0.2, -0.15) is 0 Å². The highest BCUT2D eigenvalue weighted by atomic mass is 35.8. The lowest BCUT2D eigenvalue weighted by Gasteiger charge is -2.02. The van der Waals surface area contributed by atoms with E-state index in [2.05, 4.69) is 70.3 Å². The first-order valence-electron chi connectivity index (χ1n) is 13.4. The Hall–Kier alpha value is -0.413. The Bertz CT molecular complexity index is 1590. The maximum absolute atomic E-state index is 6.40. The molecule has 0 saturated carbocycles. The predicted molar refractivity (Wildman–Crippen MR) is 187 cm³/mol. The minimum Gasteiger partial charge on any atom is -0.143 e. The fourth-order valence-corrected chi connectivity index (χ4v) is 13.7. The molecule has 0 aliphatic carbocycles. The lowest BCUT2D eigenvalue weighted by atomic mass is 10.1. The van der Waals surface area contributed by atoms with Gasteiger partial charge in [0.1, 0.15) is 0 Å². The highest BCUT2D eigenvalue weighted by Crippen LogP contribution is 2.49. The van der Waals surface area contributed by atoms with E-state index in [4.69, 9.17) is 33.2 Å². The van der Waals surface area contributed by atoms with E-state index in [1.807, 2.05) is 45.3 Å². The summed E-state index contributed by atoms with van der Waals surface area (Å²) in [6, 6.07) is 8.86. The fraction of sp³-hybridized carbons (Fsp3) is 0.333. The molecular formula is C30H31Cl3S5Si. The van der Waals surface area contributed by atoms with Crippen LogP contribution in [0.5, 0.6) is 0 Å². The van der Waals surface area contributed by atoms with Crippen molar-refractivity contribution in [2.24, 2.45) is 0 Å². The van der Waals surface area contributed by atoms with E-state index >= 15 is 0 Å². The van der Waals surface area contributed by atoms with Crippen molar-refractivity contribution in [1.29, 1.82) is 0 Å². The van der Waals surface area contributed by atoms with Gasteiger partial charge in [0.05, 0.1) is 0 Å². The van der Waals surface area contributed by atoms with E-state index in [1.54, 1.807) is 11.3 Å². The summed E-state index contributed by atoms with van der Waals surface area (Å²) in [5, 5.41) is 2.31. The molecule has 5 aromatic heterocycles. The first-order valence-corrected chi connectivity index (χ1v) is 22.5. The summed E-state index contributed by atoms with van der Waals surface area (Å²) in [7, 11) is 0. The monoisotopic (exact) mass is 684 g/mol. The van der Waals surface area contributed by atoms with E-state index in [-0.39, 0.29) is 0 Å². The molecule has 0 saturated heterocycles. The molecule has 39 heavy (non-hydrogen) atoms. The summed E-state index contributed by atoms with van der Waals surface area (Å²) >= 11 is 28.6. The number of thiophene rings is 5. The predicted octanol–water partition coefficient (Wildman–Crippen LogP) is 12.3. The van der Waals surface area contributed by atoms with Crippen LogP contribution in [0.2, 0.25) is 0 Å². The average Bonchev–Trinajstić information content (AvgIpc) is 3.74. The number of rotatable bonds is 10. The van der Waals surface area contributed by atoms with Gasteiger partial charge in [-0.25, -0.2) is 0 Å². The lowest BCUT2D eigenvalue weighted by molar-refractivity contribution is 1.15. The zero-order chi connectivity index (χ0) is 27.9. The first kappa shape index (κ1) is 30.1. The molecule has 206 valence electrons. The Labute approximate surface area is 267 Å². The van der Waals surface area contributed by atoms with Crippen molar-refractivity contribution in [2.45, 2.75) is 66.7 Å². The van der Waals surface area contributed by atoms with E-state index in [9.17, 15) is 0 Å². The van der Waals surface area contributed by atoms with Crippen LogP contribution in [0.15, 0.2) is 35.7 Å². The molecule has 5 aromatic rings. The molecule has 0 aliphatic rings. The van der Waals surface area contributed by atoms with Crippen LogP contribution in [-0.2, 0) is 32.1 Å². The van der Waals surface area contributed by atoms with Crippen molar-refractivity contribution in [3.05, 3.63) is 63.5 Å². The van der Waals surface area contributed by atoms with E-state index < -0.39 is 6.00 Å². The second kappa shape index (κ2) is 12.4. The molecule has 0 aromatic carbocycles. The number of aryl methyl sites for hydroxylation is 5. The Morgan fingerprint density at radius 2 is 0.923 bits per heavy atom. The maximum Gasteiger partial charge on any atom is 0.383 e. The largest absolute Gasteiger partial charge is 0.383 e. The third-order valence-corrected chi connectivity index (χ3v) is 18.0. The highest BCUT2D eigenvalue weighted by Gasteiger charge is 2.32.